The first-order valence-electron chi connectivity index (χ1n) is 19.6. The van der Waals surface area contributed by atoms with Gasteiger partial charge in [-0.05, 0) is 79.5 Å². The number of nitrogens with zero attached hydrogens (tertiary/aromatic N) is 2. The van der Waals surface area contributed by atoms with Crippen molar-refractivity contribution >= 4 is 11.8 Å². The number of carbonyl (C=O) groups is 1. The molecule has 11 heteroatoms. The average molecular weight is 739 g/mol. The van der Waals surface area contributed by atoms with Gasteiger partial charge < -0.3 is 43.6 Å². The normalized spacial score (nSPS) is 28.5. The van der Waals surface area contributed by atoms with Crippen molar-refractivity contribution in [2.75, 3.05) is 46.7 Å². The maximum Gasteiger partial charge on any atom is 0.410 e. The minimum Gasteiger partial charge on any atom is -0.490 e. The van der Waals surface area contributed by atoms with Crippen molar-refractivity contribution in [3.63, 3.8) is 0 Å². The Morgan fingerprint density at radius 1 is 1.08 bits per heavy atom. The molecule has 0 spiro atoms. The van der Waals surface area contributed by atoms with Gasteiger partial charge in [-0.15, -0.1) is 6.58 Å². The number of hydrogen-bond acceptors (Lipinski definition) is 10. The van der Waals surface area contributed by atoms with Gasteiger partial charge in [0.05, 0.1) is 31.5 Å². The quantitative estimate of drug-likeness (QED) is 0.0893. The zero-order valence-electron chi connectivity index (χ0n) is 32.3. The van der Waals surface area contributed by atoms with Crippen LogP contribution in [-0.2, 0) is 19.0 Å². The second-order valence-electron chi connectivity index (χ2n) is 16.0. The summed E-state index contributed by atoms with van der Waals surface area (Å²) in [7, 11) is 1.74. The topological polar surface area (TPSA) is 129 Å². The Hall–Kier alpha value is -3.38. The third-order valence-corrected chi connectivity index (χ3v) is 10.8. The van der Waals surface area contributed by atoms with E-state index in [1.54, 1.807) is 24.1 Å². The molecule has 2 fully saturated rings. The summed E-state index contributed by atoms with van der Waals surface area (Å²) >= 11 is 0. The molecule has 5 rings (SSSR count). The summed E-state index contributed by atoms with van der Waals surface area (Å²) in [6.45, 7) is 15.5. The zero-order chi connectivity index (χ0) is 38.0. The number of aliphatic hydroxyl groups excluding tert-OH is 2. The molecule has 2 aliphatic heterocycles. The Balaban J connectivity index is 1.72. The van der Waals surface area contributed by atoms with Crippen LogP contribution in [-0.4, -0.2) is 91.7 Å². The summed E-state index contributed by atoms with van der Waals surface area (Å²) in [5.74, 6) is -0.301. The van der Waals surface area contributed by atoms with Gasteiger partial charge in [-0.3, -0.25) is 0 Å². The van der Waals surface area contributed by atoms with Gasteiger partial charge in [0.2, 0.25) is 12.1 Å². The molecule has 7 atom stereocenters. The third-order valence-electron chi connectivity index (χ3n) is 10.8. The number of ether oxygens (including phenoxy) is 5. The highest BCUT2D eigenvalue weighted by Gasteiger charge is 2.65. The summed E-state index contributed by atoms with van der Waals surface area (Å²) in [5, 5.41) is 24.5. The van der Waals surface area contributed by atoms with Crippen molar-refractivity contribution < 1.29 is 43.5 Å². The first-order chi connectivity index (χ1) is 25.6. The van der Waals surface area contributed by atoms with Crippen LogP contribution < -0.4 is 9.47 Å². The van der Waals surface area contributed by atoms with Crippen LogP contribution >= 0.6 is 0 Å². The number of carbonyl (C=O) groups excluding carboxylic acids is 1. The number of unbranched alkanes of at least 4 members (excludes halogenated alkanes) is 2. The molecule has 53 heavy (non-hydrogen) atoms. The Morgan fingerprint density at radius 2 is 1.83 bits per heavy atom. The van der Waals surface area contributed by atoms with Crippen LogP contribution in [0.3, 0.4) is 0 Å². The predicted molar refractivity (Wildman–Crippen MR) is 204 cm³/mol. The Kier molecular flexibility index (Phi) is 14.5. The number of allylic oxidation sites excluding steroid dienone is 1. The van der Waals surface area contributed by atoms with Crippen LogP contribution in [0.2, 0.25) is 0 Å². The van der Waals surface area contributed by atoms with E-state index in [0.29, 0.717) is 37.6 Å². The first-order valence-corrected chi connectivity index (χ1v) is 19.6. The van der Waals surface area contributed by atoms with Gasteiger partial charge in [-0.2, -0.15) is 0 Å². The van der Waals surface area contributed by atoms with Gasteiger partial charge in [-0.25, -0.2) is 4.79 Å². The maximum absolute atomic E-state index is 14.0. The standard InChI is InChI=1S/C42H62N2O9/c1-7-22-48-30-18-19-35-33(26-30)38-31(16-10-13-21-46)29(15-9-12-20-45)25-32-34(43-53-37-17-11-14-24-49-37)27-36(42(52-35,39(32)38)51-23-8-2)44(6)40(47)50-28-41(3,4)5/h7-8,18-19,25-26,29,31,36-39,45-46H,1-2,9-17,20-24,27-28H2,3-6H3. The molecule has 294 valence electrons. The lowest BCUT2D eigenvalue weighted by Crippen LogP contribution is -2.69. The summed E-state index contributed by atoms with van der Waals surface area (Å²) in [4.78, 5) is 21.7. The van der Waals surface area contributed by atoms with Gasteiger partial charge in [-0.1, -0.05) is 63.6 Å². The number of oxime groups is 1. The molecule has 1 amide bonds. The van der Waals surface area contributed by atoms with Gasteiger partial charge in [0.1, 0.15) is 24.1 Å². The van der Waals surface area contributed by atoms with Crippen molar-refractivity contribution in [3.8, 4) is 11.5 Å². The van der Waals surface area contributed by atoms with E-state index < -0.39 is 30.1 Å². The second-order valence-corrected chi connectivity index (χ2v) is 16.0. The van der Waals surface area contributed by atoms with E-state index in [1.165, 1.54) is 0 Å². The van der Waals surface area contributed by atoms with E-state index >= 15 is 0 Å². The molecule has 11 nitrogen and oxygen atoms in total. The van der Waals surface area contributed by atoms with E-state index in [9.17, 15) is 15.0 Å². The number of rotatable bonds is 18. The smallest absolute Gasteiger partial charge is 0.410 e. The Labute approximate surface area is 316 Å². The SMILES string of the molecule is C=CCOc1ccc2c(c1)C1C(CCCCO)C(CCCCO)C=C3C(=NOC4CCCCO4)CC(N(C)C(=O)OCC(C)(C)C)C(OCC=C)(O2)C31. The van der Waals surface area contributed by atoms with Gasteiger partial charge in [0.25, 0.3) is 0 Å². The zero-order valence-corrected chi connectivity index (χ0v) is 32.3. The molecule has 2 aliphatic carbocycles. The van der Waals surface area contributed by atoms with Crippen LogP contribution in [0.1, 0.15) is 96.5 Å². The fourth-order valence-corrected chi connectivity index (χ4v) is 8.40. The molecular weight excluding hydrogens is 676 g/mol. The van der Waals surface area contributed by atoms with Crippen molar-refractivity contribution in [2.45, 2.75) is 109 Å². The third kappa shape index (κ3) is 9.65. The molecule has 2 N–H and O–H groups in total. The van der Waals surface area contributed by atoms with Crippen LogP contribution in [0.4, 0.5) is 4.79 Å². The lowest BCUT2D eigenvalue weighted by Gasteiger charge is -2.59. The highest BCUT2D eigenvalue weighted by atomic mass is 16.8. The van der Waals surface area contributed by atoms with Gasteiger partial charge in [0.15, 0.2) is 0 Å². The fraction of sp³-hybridized carbons (Fsp3) is 0.667. The lowest BCUT2D eigenvalue weighted by molar-refractivity contribution is -0.254. The molecule has 4 aliphatic rings. The van der Waals surface area contributed by atoms with E-state index in [4.69, 9.17) is 33.7 Å². The van der Waals surface area contributed by atoms with Crippen LogP contribution in [0.5, 0.6) is 11.5 Å². The van der Waals surface area contributed by atoms with E-state index in [-0.39, 0.29) is 56.0 Å². The van der Waals surface area contributed by atoms with Gasteiger partial charge in [0, 0.05) is 44.6 Å². The number of benzene rings is 1. The van der Waals surface area contributed by atoms with Crippen molar-refractivity contribution in [1.29, 1.82) is 0 Å². The molecule has 0 bridgehead atoms. The van der Waals surface area contributed by atoms with Gasteiger partial charge >= 0.3 is 6.09 Å². The molecule has 2 heterocycles. The van der Waals surface area contributed by atoms with Crippen LogP contribution in [0, 0.1) is 23.2 Å². The van der Waals surface area contributed by atoms with Crippen molar-refractivity contribution in [2.24, 2.45) is 28.3 Å². The number of hydrogen-bond donors (Lipinski definition) is 2. The number of fused-ring (bicyclic) bond motifs is 2. The maximum atomic E-state index is 14.0. The largest absolute Gasteiger partial charge is 0.490 e. The Bertz CT molecular complexity index is 1450. The van der Waals surface area contributed by atoms with Crippen LogP contribution in [0.25, 0.3) is 0 Å². The summed E-state index contributed by atoms with van der Waals surface area (Å²) in [5.41, 5.74) is 2.46. The lowest BCUT2D eigenvalue weighted by atomic mass is 9.55. The number of amides is 1. The van der Waals surface area contributed by atoms with Crippen LogP contribution in [0.15, 0.2) is 60.3 Å². The van der Waals surface area contributed by atoms with E-state index in [2.05, 4.69) is 25.3 Å². The average Bonchev–Trinajstić information content (AvgIpc) is 3.15. The molecule has 0 aromatic heterocycles. The van der Waals surface area contributed by atoms with Crippen molar-refractivity contribution in [1.82, 2.24) is 4.90 Å². The number of aliphatic hydroxyl groups is 2. The molecule has 1 saturated carbocycles. The van der Waals surface area contributed by atoms with E-state index in [0.717, 1.165) is 61.8 Å². The molecule has 1 aromatic carbocycles. The highest BCUT2D eigenvalue weighted by molar-refractivity contribution is 6.02. The second kappa shape index (κ2) is 18.8. The summed E-state index contributed by atoms with van der Waals surface area (Å²) < 4.78 is 32.0. The minimum atomic E-state index is -1.34. The molecule has 1 aromatic rings. The molecule has 0 radical (unpaired) electrons. The molecular formula is C42H62N2O9. The monoisotopic (exact) mass is 738 g/mol. The highest BCUT2D eigenvalue weighted by Crippen LogP contribution is 2.61. The predicted octanol–water partition coefficient (Wildman–Crippen LogP) is 7.53. The molecule has 1 saturated heterocycles. The first kappa shape index (κ1) is 40.8. The Morgan fingerprint density at radius 3 is 2.51 bits per heavy atom. The summed E-state index contributed by atoms with van der Waals surface area (Å²) in [6, 6.07) is 5.24. The summed E-state index contributed by atoms with van der Waals surface area (Å²) in [6.07, 6.45) is 12.6. The minimum absolute atomic E-state index is 0.110. The van der Waals surface area contributed by atoms with E-state index in [1.807, 2.05) is 32.9 Å². The fourth-order valence-electron chi connectivity index (χ4n) is 8.40. The molecule has 7 unspecified atom stereocenters. The number of likely N-dealkylation sites (N-methyl/N-ethyl adjacent to an activating group) is 1. The van der Waals surface area contributed by atoms with Crippen molar-refractivity contribution in [3.05, 3.63) is 60.7 Å².